The van der Waals surface area contributed by atoms with Gasteiger partial charge in [-0.3, -0.25) is 0 Å². The molecule has 0 N–H and O–H groups in total. The number of halogens is 1. The summed E-state index contributed by atoms with van der Waals surface area (Å²) in [5.41, 5.74) is 0. The summed E-state index contributed by atoms with van der Waals surface area (Å²) in [5, 5.41) is 0. The molecule has 2 fully saturated rings. The Labute approximate surface area is 107 Å². The van der Waals surface area contributed by atoms with Crippen molar-refractivity contribution in [3.8, 4) is 0 Å². The first-order valence-electron chi connectivity index (χ1n) is 7.91. The maximum absolute atomic E-state index is 13.2. The van der Waals surface area contributed by atoms with E-state index >= 15 is 0 Å². The average molecular weight is 242 g/mol. The lowest BCUT2D eigenvalue weighted by atomic mass is 9.70. The van der Waals surface area contributed by atoms with E-state index < -0.39 is 6.17 Å². The van der Waals surface area contributed by atoms with Gasteiger partial charge in [0.1, 0.15) is 6.17 Å². The van der Waals surface area contributed by atoms with Gasteiger partial charge in [-0.15, -0.1) is 0 Å². The third-order valence-corrected chi connectivity index (χ3v) is 4.78. The first kappa shape index (κ1) is 15.0. The van der Waals surface area contributed by atoms with Gasteiger partial charge in [0.15, 0.2) is 0 Å². The van der Waals surface area contributed by atoms with Crippen molar-refractivity contribution in [3.63, 3.8) is 0 Å². The van der Waals surface area contributed by atoms with E-state index in [1.807, 2.05) is 13.8 Å². The average Bonchev–Trinajstić information content (AvgIpc) is 2.42. The number of hydrogen-bond donors (Lipinski definition) is 0. The van der Waals surface area contributed by atoms with Gasteiger partial charge in [0.2, 0.25) is 0 Å². The van der Waals surface area contributed by atoms with Crippen LogP contribution in [0.15, 0.2) is 0 Å². The largest absolute Gasteiger partial charge is 0.247 e. The van der Waals surface area contributed by atoms with Crippen molar-refractivity contribution in [3.05, 3.63) is 0 Å². The molecule has 0 saturated heterocycles. The predicted octanol–water partition coefficient (Wildman–Crippen LogP) is 5.76. The van der Waals surface area contributed by atoms with Crippen LogP contribution in [0, 0.1) is 17.8 Å². The molecule has 2 rings (SSSR count). The van der Waals surface area contributed by atoms with E-state index in [-0.39, 0.29) is 0 Å². The van der Waals surface area contributed by atoms with Gasteiger partial charge < -0.3 is 0 Å². The van der Waals surface area contributed by atoms with Gasteiger partial charge >= 0.3 is 0 Å². The van der Waals surface area contributed by atoms with E-state index in [1.54, 1.807) is 6.92 Å². The van der Waals surface area contributed by atoms with Gasteiger partial charge in [0.05, 0.1) is 0 Å². The first-order valence-corrected chi connectivity index (χ1v) is 7.91. The zero-order chi connectivity index (χ0) is 12.7. The smallest absolute Gasteiger partial charge is 0.100 e. The molecule has 0 amide bonds. The minimum Gasteiger partial charge on any atom is -0.247 e. The van der Waals surface area contributed by atoms with Gasteiger partial charge in [0.25, 0.3) is 0 Å². The third kappa shape index (κ3) is 4.60. The Hall–Kier alpha value is -0.0700. The standard InChI is InChI=1S/C14H25F.C2H6/c1-11(15)12-7-9-14(10-8-12)13-5-3-2-4-6-13;1-2/h11-14H,2-10H2,1H3;1-2H3. The summed E-state index contributed by atoms with van der Waals surface area (Å²) in [6.07, 6.45) is 11.6. The van der Waals surface area contributed by atoms with E-state index in [0.717, 1.165) is 24.7 Å². The fraction of sp³-hybridized carbons (Fsp3) is 1.00. The third-order valence-electron chi connectivity index (χ3n) is 4.78. The molecule has 2 aliphatic carbocycles. The number of hydrogen-bond acceptors (Lipinski definition) is 0. The molecule has 102 valence electrons. The van der Waals surface area contributed by atoms with Crippen LogP contribution in [0.2, 0.25) is 0 Å². The highest BCUT2D eigenvalue weighted by molar-refractivity contribution is 4.81. The van der Waals surface area contributed by atoms with Crippen molar-refractivity contribution in [2.75, 3.05) is 0 Å². The number of rotatable bonds is 2. The van der Waals surface area contributed by atoms with Gasteiger partial charge in [-0.1, -0.05) is 46.0 Å². The quantitative estimate of drug-likeness (QED) is 0.577. The summed E-state index contributed by atoms with van der Waals surface area (Å²) < 4.78 is 13.2. The fourth-order valence-electron chi connectivity index (χ4n) is 3.68. The van der Waals surface area contributed by atoms with Gasteiger partial charge in [-0.25, -0.2) is 4.39 Å². The number of alkyl halides is 1. The maximum atomic E-state index is 13.2. The summed E-state index contributed by atoms with van der Waals surface area (Å²) in [6.45, 7) is 5.74. The molecule has 0 nitrogen and oxygen atoms in total. The van der Waals surface area contributed by atoms with Gasteiger partial charge in [-0.2, -0.15) is 0 Å². The summed E-state index contributed by atoms with van der Waals surface area (Å²) >= 11 is 0. The van der Waals surface area contributed by atoms with Crippen LogP contribution in [-0.2, 0) is 0 Å². The van der Waals surface area contributed by atoms with Crippen LogP contribution in [0.4, 0.5) is 4.39 Å². The molecule has 17 heavy (non-hydrogen) atoms. The van der Waals surface area contributed by atoms with Crippen molar-refractivity contribution < 1.29 is 4.39 Å². The summed E-state index contributed by atoms with van der Waals surface area (Å²) in [6, 6.07) is 0. The van der Waals surface area contributed by atoms with Crippen LogP contribution in [0.25, 0.3) is 0 Å². The van der Waals surface area contributed by atoms with Gasteiger partial charge in [0, 0.05) is 0 Å². The Balaban J connectivity index is 0.000000686. The predicted molar refractivity (Wildman–Crippen MR) is 73.9 cm³/mol. The van der Waals surface area contributed by atoms with Crippen LogP contribution in [0.3, 0.4) is 0 Å². The minimum absolute atomic E-state index is 0.379. The van der Waals surface area contributed by atoms with Crippen LogP contribution in [-0.4, -0.2) is 6.17 Å². The molecule has 1 unspecified atom stereocenters. The molecular formula is C16H31F. The minimum atomic E-state index is -0.572. The Bertz CT molecular complexity index is 174. The lowest BCUT2D eigenvalue weighted by Crippen LogP contribution is -2.26. The molecular weight excluding hydrogens is 211 g/mol. The van der Waals surface area contributed by atoms with Gasteiger partial charge in [-0.05, 0) is 50.4 Å². The zero-order valence-corrected chi connectivity index (χ0v) is 12.1. The van der Waals surface area contributed by atoms with Crippen LogP contribution < -0.4 is 0 Å². The Morgan fingerprint density at radius 2 is 1.24 bits per heavy atom. The second kappa shape index (κ2) is 8.11. The zero-order valence-electron chi connectivity index (χ0n) is 12.1. The summed E-state index contributed by atoms with van der Waals surface area (Å²) in [5.74, 6) is 2.32. The SMILES string of the molecule is CC.CC(F)C1CCC(C2CCCCC2)CC1. The van der Waals surface area contributed by atoms with Crippen LogP contribution in [0.5, 0.6) is 0 Å². The summed E-state index contributed by atoms with van der Waals surface area (Å²) in [4.78, 5) is 0. The van der Waals surface area contributed by atoms with Crippen molar-refractivity contribution in [2.45, 2.75) is 84.7 Å². The van der Waals surface area contributed by atoms with E-state index in [4.69, 9.17) is 0 Å². The molecule has 0 spiro atoms. The monoisotopic (exact) mass is 242 g/mol. The lowest BCUT2D eigenvalue weighted by molar-refractivity contribution is 0.125. The van der Waals surface area contributed by atoms with Crippen LogP contribution in [0.1, 0.15) is 78.6 Å². The normalized spacial score (nSPS) is 32.5. The molecule has 0 aromatic rings. The van der Waals surface area contributed by atoms with E-state index in [2.05, 4.69) is 0 Å². The second-order valence-corrected chi connectivity index (χ2v) is 5.75. The Kier molecular flexibility index (Phi) is 7.15. The Morgan fingerprint density at radius 3 is 1.71 bits per heavy atom. The molecule has 2 aliphatic rings. The molecule has 0 bridgehead atoms. The molecule has 1 atom stereocenters. The topological polar surface area (TPSA) is 0 Å². The van der Waals surface area contributed by atoms with E-state index in [0.29, 0.717) is 5.92 Å². The fourth-order valence-corrected chi connectivity index (χ4v) is 3.68. The highest BCUT2D eigenvalue weighted by Gasteiger charge is 2.30. The molecule has 2 saturated carbocycles. The molecule has 1 heteroatoms. The maximum Gasteiger partial charge on any atom is 0.100 e. The highest BCUT2D eigenvalue weighted by atomic mass is 19.1. The van der Waals surface area contributed by atoms with Crippen molar-refractivity contribution in [1.29, 1.82) is 0 Å². The lowest BCUT2D eigenvalue weighted by Gasteiger charge is -2.36. The highest BCUT2D eigenvalue weighted by Crippen LogP contribution is 2.40. The summed E-state index contributed by atoms with van der Waals surface area (Å²) in [7, 11) is 0. The molecule has 0 heterocycles. The Morgan fingerprint density at radius 1 is 0.765 bits per heavy atom. The van der Waals surface area contributed by atoms with Crippen LogP contribution >= 0.6 is 0 Å². The van der Waals surface area contributed by atoms with E-state index in [9.17, 15) is 4.39 Å². The molecule has 0 aliphatic heterocycles. The van der Waals surface area contributed by atoms with Crippen molar-refractivity contribution in [1.82, 2.24) is 0 Å². The first-order chi connectivity index (χ1) is 8.27. The van der Waals surface area contributed by atoms with Crippen molar-refractivity contribution in [2.24, 2.45) is 17.8 Å². The molecule has 0 aromatic carbocycles. The second-order valence-electron chi connectivity index (χ2n) is 5.75. The molecule has 0 aromatic heterocycles. The van der Waals surface area contributed by atoms with E-state index in [1.165, 1.54) is 44.9 Å². The van der Waals surface area contributed by atoms with Crippen molar-refractivity contribution >= 4 is 0 Å². The molecule has 0 radical (unpaired) electrons.